The van der Waals surface area contributed by atoms with E-state index in [9.17, 15) is 4.79 Å². The molecular weight excluding hydrogens is 344 g/mol. The number of nitrogens with zero attached hydrogens (tertiary/aromatic N) is 3. The van der Waals surface area contributed by atoms with Crippen LogP contribution in [0.25, 0.3) is 0 Å². The first-order valence-electron chi connectivity index (χ1n) is 7.37. The van der Waals surface area contributed by atoms with Crippen molar-refractivity contribution in [3.05, 3.63) is 45.7 Å². The van der Waals surface area contributed by atoms with Crippen LogP contribution in [0.1, 0.15) is 21.7 Å². The highest BCUT2D eigenvalue weighted by Gasteiger charge is 2.24. The summed E-state index contributed by atoms with van der Waals surface area (Å²) in [5.41, 5.74) is 4.02. The lowest BCUT2D eigenvalue weighted by molar-refractivity contribution is 0.0746. The van der Waals surface area contributed by atoms with Crippen LogP contribution in [0, 0.1) is 13.8 Å². The minimum absolute atomic E-state index is 0.0987. The zero-order valence-corrected chi connectivity index (χ0v) is 14.4. The number of carbonyl (C=O) groups excluding carboxylic acids is 1. The van der Waals surface area contributed by atoms with E-state index in [1.807, 2.05) is 43.0 Å². The Morgan fingerprint density at radius 3 is 2.55 bits per heavy atom. The van der Waals surface area contributed by atoms with Gasteiger partial charge in [0.05, 0.1) is 17.1 Å². The Kier molecular flexibility index (Phi) is 4.20. The number of aryl methyl sites for hydroxylation is 2. The molecule has 3 rings (SSSR count). The molecule has 0 unspecified atom stereocenters. The number of rotatable bonds is 2. The molecule has 0 spiro atoms. The van der Waals surface area contributed by atoms with Gasteiger partial charge in [-0.25, -0.2) is 0 Å². The molecule has 1 aromatic carbocycles. The van der Waals surface area contributed by atoms with E-state index in [0.717, 1.165) is 47.6 Å². The van der Waals surface area contributed by atoms with Gasteiger partial charge in [-0.15, -0.1) is 0 Å². The molecule has 1 aliphatic heterocycles. The fourth-order valence-electron chi connectivity index (χ4n) is 2.95. The summed E-state index contributed by atoms with van der Waals surface area (Å²) in [5.74, 6) is 0.0987. The standard InChI is InChI=1S/C16H19BrN4O/c1-11-15(12(2)19-18-11)20-6-8-21(9-7-20)16(22)13-4-3-5-14(17)10-13/h3-5,10H,6-9H2,1-2H3,(H,18,19). The van der Waals surface area contributed by atoms with Crippen LogP contribution in [0.4, 0.5) is 5.69 Å². The van der Waals surface area contributed by atoms with Crippen LogP contribution in [-0.4, -0.2) is 47.2 Å². The second-order valence-corrected chi connectivity index (χ2v) is 6.49. The number of aromatic amines is 1. The lowest BCUT2D eigenvalue weighted by atomic mass is 10.1. The molecule has 1 aromatic heterocycles. The second kappa shape index (κ2) is 6.12. The van der Waals surface area contributed by atoms with Crippen molar-refractivity contribution < 1.29 is 4.79 Å². The van der Waals surface area contributed by atoms with Gasteiger partial charge in [0, 0.05) is 36.2 Å². The zero-order valence-electron chi connectivity index (χ0n) is 12.8. The Bertz CT molecular complexity index is 670. The lowest BCUT2D eigenvalue weighted by Crippen LogP contribution is -2.49. The number of halogens is 1. The molecule has 0 bridgehead atoms. The number of H-pyrrole nitrogens is 1. The Balaban J connectivity index is 1.68. The summed E-state index contributed by atoms with van der Waals surface area (Å²) < 4.78 is 0.932. The third-order valence-corrected chi connectivity index (χ3v) is 4.54. The molecule has 2 aromatic rings. The first kappa shape index (κ1) is 15.1. The summed E-state index contributed by atoms with van der Waals surface area (Å²) in [7, 11) is 0. The van der Waals surface area contributed by atoms with E-state index in [1.54, 1.807) is 0 Å². The van der Waals surface area contributed by atoms with Crippen LogP contribution >= 0.6 is 15.9 Å². The molecule has 0 radical (unpaired) electrons. The number of aromatic nitrogens is 2. The van der Waals surface area contributed by atoms with Crippen molar-refractivity contribution in [1.29, 1.82) is 0 Å². The molecule has 2 heterocycles. The minimum atomic E-state index is 0.0987. The van der Waals surface area contributed by atoms with E-state index in [1.165, 1.54) is 5.69 Å². The van der Waals surface area contributed by atoms with Gasteiger partial charge in [0.2, 0.25) is 0 Å². The topological polar surface area (TPSA) is 52.2 Å². The van der Waals surface area contributed by atoms with Gasteiger partial charge in [-0.1, -0.05) is 22.0 Å². The van der Waals surface area contributed by atoms with E-state index in [0.29, 0.717) is 0 Å². The minimum Gasteiger partial charge on any atom is -0.365 e. The number of anilines is 1. The largest absolute Gasteiger partial charge is 0.365 e. The van der Waals surface area contributed by atoms with Crippen LogP contribution in [0.5, 0.6) is 0 Å². The zero-order chi connectivity index (χ0) is 15.7. The molecule has 0 aliphatic carbocycles. The van der Waals surface area contributed by atoms with Gasteiger partial charge in [0.15, 0.2) is 0 Å². The van der Waals surface area contributed by atoms with Crippen molar-refractivity contribution in [2.45, 2.75) is 13.8 Å². The average molecular weight is 363 g/mol. The van der Waals surface area contributed by atoms with Crippen LogP contribution in [0.3, 0.4) is 0 Å². The van der Waals surface area contributed by atoms with Crippen LogP contribution in [-0.2, 0) is 0 Å². The maximum Gasteiger partial charge on any atom is 0.254 e. The van der Waals surface area contributed by atoms with Crippen LogP contribution < -0.4 is 4.90 Å². The quantitative estimate of drug-likeness (QED) is 0.893. The number of nitrogens with one attached hydrogen (secondary N) is 1. The molecule has 0 saturated carbocycles. The first-order chi connectivity index (χ1) is 10.6. The van der Waals surface area contributed by atoms with Crippen LogP contribution in [0.2, 0.25) is 0 Å². The molecule has 1 N–H and O–H groups in total. The Labute approximate surface area is 138 Å². The van der Waals surface area contributed by atoms with Crippen LogP contribution in [0.15, 0.2) is 28.7 Å². The molecule has 1 aliphatic rings. The van der Waals surface area contributed by atoms with E-state index in [2.05, 4.69) is 31.0 Å². The molecule has 0 atom stereocenters. The van der Waals surface area contributed by atoms with Crippen molar-refractivity contribution in [3.63, 3.8) is 0 Å². The lowest BCUT2D eigenvalue weighted by Gasteiger charge is -2.36. The van der Waals surface area contributed by atoms with Gasteiger partial charge in [-0.05, 0) is 32.0 Å². The average Bonchev–Trinajstić information content (AvgIpc) is 2.86. The van der Waals surface area contributed by atoms with Gasteiger partial charge in [-0.2, -0.15) is 5.10 Å². The SMILES string of the molecule is Cc1n[nH]c(C)c1N1CCN(C(=O)c2cccc(Br)c2)CC1. The number of hydrogen-bond donors (Lipinski definition) is 1. The molecule has 1 saturated heterocycles. The smallest absolute Gasteiger partial charge is 0.254 e. The fourth-order valence-corrected chi connectivity index (χ4v) is 3.35. The van der Waals surface area contributed by atoms with Gasteiger partial charge in [0.25, 0.3) is 5.91 Å². The van der Waals surface area contributed by atoms with E-state index in [4.69, 9.17) is 0 Å². The molecule has 116 valence electrons. The molecule has 1 fully saturated rings. The van der Waals surface area contributed by atoms with Crippen molar-refractivity contribution >= 4 is 27.5 Å². The summed E-state index contributed by atoms with van der Waals surface area (Å²) in [6.07, 6.45) is 0. The Hall–Kier alpha value is -1.82. The van der Waals surface area contributed by atoms with Gasteiger partial charge < -0.3 is 9.80 Å². The molecule has 1 amide bonds. The highest BCUT2D eigenvalue weighted by Crippen LogP contribution is 2.24. The van der Waals surface area contributed by atoms with Crippen molar-refractivity contribution in [1.82, 2.24) is 15.1 Å². The maximum atomic E-state index is 12.5. The number of hydrogen-bond acceptors (Lipinski definition) is 3. The molecule has 6 heteroatoms. The van der Waals surface area contributed by atoms with Gasteiger partial charge in [0.1, 0.15) is 0 Å². The number of piperazine rings is 1. The monoisotopic (exact) mass is 362 g/mol. The predicted molar refractivity (Wildman–Crippen MR) is 90.3 cm³/mol. The number of benzene rings is 1. The van der Waals surface area contributed by atoms with Crippen molar-refractivity contribution in [3.8, 4) is 0 Å². The summed E-state index contributed by atoms with van der Waals surface area (Å²) in [6, 6.07) is 7.56. The predicted octanol–water partition coefficient (Wildman–Crippen LogP) is 2.75. The van der Waals surface area contributed by atoms with Crippen molar-refractivity contribution in [2.75, 3.05) is 31.1 Å². The molecular formula is C16H19BrN4O. The van der Waals surface area contributed by atoms with Gasteiger partial charge in [-0.3, -0.25) is 9.89 Å². The van der Waals surface area contributed by atoms with E-state index < -0.39 is 0 Å². The van der Waals surface area contributed by atoms with E-state index in [-0.39, 0.29) is 5.91 Å². The highest BCUT2D eigenvalue weighted by molar-refractivity contribution is 9.10. The Morgan fingerprint density at radius 1 is 1.23 bits per heavy atom. The molecule has 22 heavy (non-hydrogen) atoms. The van der Waals surface area contributed by atoms with Crippen molar-refractivity contribution in [2.24, 2.45) is 0 Å². The highest BCUT2D eigenvalue weighted by atomic mass is 79.9. The van der Waals surface area contributed by atoms with E-state index >= 15 is 0 Å². The summed E-state index contributed by atoms with van der Waals surface area (Å²) >= 11 is 3.42. The third kappa shape index (κ3) is 2.88. The normalized spacial score (nSPS) is 15.2. The third-order valence-electron chi connectivity index (χ3n) is 4.04. The maximum absolute atomic E-state index is 12.5. The summed E-state index contributed by atoms with van der Waals surface area (Å²) in [5, 5.41) is 7.27. The summed E-state index contributed by atoms with van der Waals surface area (Å²) in [4.78, 5) is 16.8. The first-order valence-corrected chi connectivity index (χ1v) is 8.17. The Morgan fingerprint density at radius 2 is 1.95 bits per heavy atom. The summed E-state index contributed by atoms with van der Waals surface area (Å²) in [6.45, 7) is 7.18. The van der Waals surface area contributed by atoms with Gasteiger partial charge >= 0.3 is 0 Å². The number of carbonyl (C=O) groups is 1. The fraction of sp³-hybridized carbons (Fsp3) is 0.375. The molecule has 5 nitrogen and oxygen atoms in total. The second-order valence-electron chi connectivity index (χ2n) is 5.57. The number of amides is 1.